The number of anilines is 1. The highest BCUT2D eigenvalue weighted by atomic mass is 35.5. The molecule has 0 saturated heterocycles. The van der Waals surface area contributed by atoms with Crippen LogP contribution in [0.1, 0.15) is 0 Å². The molecule has 0 unspecified atom stereocenters. The van der Waals surface area contributed by atoms with Crippen LogP contribution in [0, 0.1) is 5.82 Å². The molecule has 0 saturated carbocycles. The van der Waals surface area contributed by atoms with Crippen molar-refractivity contribution in [3.63, 3.8) is 0 Å². The SMILES string of the molecule is Nc1onc(-c2ccc(Cl)c(F)c2)c1-c1ccc(Cl)cc1. The van der Waals surface area contributed by atoms with Crippen LogP contribution in [-0.4, -0.2) is 5.16 Å². The van der Waals surface area contributed by atoms with Gasteiger partial charge in [-0.3, -0.25) is 0 Å². The number of aromatic nitrogens is 1. The summed E-state index contributed by atoms with van der Waals surface area (Å²) in [6.45, 7) is 0. The van der Waals surface area contributed by atoms with E-state index in [-0.39, 0.29) is 10.9 Å². The standard InChI is InChI=1S/C15H9Cl2FN2O/c16-10-4-1-8(2-5-10)13-14(20-21-15(13)19)9-3-6-11(17)12(18)7-9/h1-7H,19H2. The molecule has 0 radical (unpaired) electrons. The van der Waals surface area contributed by atoms with Crippen LogP contribution in [0.15, 0.2) is 47.0 Å². The Morgan fingerprint density at radius 1 is 1.00 bits per heavy atom. The van der Waals surface area contributed by atoms with E-state index in [0.29, 0.717) is 21.8 Å². The van der Waals surface area contributed by atoms with E-state index in [4.69, 9.17) is 33.5 Å². The molecule has 0 amide bonds. The van der Waals surface area contributed by atoms with Gasteiger partial charge in [0.2, 0.25) is 5.88 Å². The summed E-state index contributed by atoms with van der Waals surface area (Å²) in [6, 6.07) is 11.5. The first-order valence-corrected chi connectivity index (χ1v) is 6.78. The molecule has 0 bridgehead atoms. The maximum atomic E-state index is 13.6. The Morgan fingerprint density at radius 2 is 1.67 bits per heavy atom. The van der Waals surface area contributed by atoms with E-state index in [0.717, 1.165) is 5.56 Å². The molecular formula is C15H9Cl2FN2O. The number of nitrogen functional groups attached to an aromatic ring is 1. The van der Waals surface area contributed by atoms with Gasteiger partial charge in [-0.25, -0.2) is 4.39 Å². The van der Waals surface area contributed by atoms with Crippen LogP contribution >= 0.6 is 23.2 Å². The van der Waals surface area contributed by atoms with Gasteiger partial charge in [-0.2, -0.15) is 0 Å². The lowest BCUT2D eigenvalue weighted by Crippen LogP contribution is -1.88. The van der Waals surface area contributed by atoms with Gasteiger partial charge in [0.05, 0.1) is 10.6 Å². The van der Waals surface area contributed by atoms with E-state index >= 15 is 0 Å². The average Bonchev–Trinajstić information content (AvgIpc) is 2.85. The van der Waals surface area contributed by atoms with Crippen LogP contribution < -0.4 is 5.73 Å². The zero-order valence-corrected chi connectivity index (χ0v) is 12.1. The van der Waals surface area contributed by atoms with Gasteiger partial charge in [0, 0.05) is 10.6 Å². The van der Waals surface area contributed by atoms with Gasteiger partial charge in [0.25, 0.3) is 0 Å². The Bertz CT molecular complexity index is 800. The number of halogens is 3. The number of nitrogens with zero attached hydrogens (tertiary/aromatic N) is 1. The fraction of sp³-hybridized carbons (Fsp3) is 0. The second-order valence-corrected chi connectivity index (χ2v) is 5.25. The maximum absolute atomic E-state index is 13.6. The minimum atomic E-state index is -0.530. The molecule has 2 N–H and O–H groups in total. The highest BCUT2D eigenvalue weighted by Gasteiger charge is 2.18. The Labute approximate surface area is 130 Å². The summed E-state index contributed by atoms with van der Waals surface area (Å²) >= 11 is 11.6. The molecule has 21 heavy (non-hydrogen) atoms. The van der Waals surface area contributed by atoms with Crippen molar-refractivity contribution in [3.8, 4) is 22.4 Å². The number of hydrogen-bond donors (Lipinski definition) is 1. The van der Waals surface area contributed by atoms with Crippen LogP contribution in [0.5, 0.6) is 0 Å². The van der Waals surface area contributed by atoms with Gasteiger partial charge in [-0.15, -0.1) is 0 Å². The summed E-state index contributed by atoms with van der Waals surface area (Å²) in [4.78, 5) is 0. The third-order valence-electron chi connectivity index (χ3n) is 3.04. The molecule has 0 atom stereocenters. The van der Waals surface area contributed by atoms with Gasteiger partial charge in [-0.05, 0) is 29.8 Å². The van der Waals surface area contributed by atoms with Crippen molar-refractivity contribution >= 4 is 29.1 Å². The first-order valence-electron chi connectivity index (χ1n) is 6.03. The summed E-state index contributed by atoms with van der Waals surface area (Å²) < 4.78 is 18.7. The van der Waals surface area contributed by atoms with Crippen LogP contribution in [0.2, 0.25) is 10.0 Å². The molecular weight excluding hydrogens is 314 g/mol. The predicted molar refractivity (Wildman–Crippen MR) is 81.8 cm³/mol. The van der Waals surface area contributed by atoms with Gasteiger partial charge < -0.3 is 10.3 Å². The molecule has 3 nitrogen and oxygen atoms in total. The van der Waals surface area contributed by atoms with E-state index in [1.54, 1.807) is 30.3 Å². The minimum Gasteiger partial charge on any atom is -0.367 e. The molecule has 0 aliphatic rings. The van der Waals surface area contributed by atoms with E-state index in [1.165, 1.54) is 12.1 Å². The van der Waals surface area contributed by atoms with Crippen LogP contribution in [-0.2, 0) is 0 Å². The fourth-order valence-corrected chi connectivity index (χ4v) is 2.28. The van der Waals surface area contributed by atoms with Crippen LogP contribution in [0.3, 0.4) is 0 Å². The fourth-order valence-electron chi connectivity index (χ4n) is 2.04. The highest BCUT2D eigenvalue weighted by Crippen LogP contribution is 2.37. The largest absolute Gasteiger partial charge is 0.367 e. The molecule has 2 aromatic carbocycles. The number of rotatable bonds is 2. The minimum absolute atomic E-state index is 0.0447. The van der Waals surface area contributed by atoms with Gasteiger partial charge in [-0.1, -0.05) is 46.6 Å². The third-order valence-corrected chi connectivity index (χ3v) is 3.60. The lowest BCUT2D eigenvalue weighted by atomic mass is 10.0. The Balaban J connectivity index is 2.16. The summed E-state index contributed by atoms with van der Waals surface area (Å²) in [6.07, 6.45) is 0. The first-order chi connectivity index (χ1) is 10.1. The molecule has 0 aliphatic carbocycles. The molecule has 0 spiro atoms. The molecule has 0 aliphatic heterocycles. The van der Waals surface area contributed by atoms with Crippen molar-refractivity contribution in [2.75, 3.05) is 5.73 Å². The Morgan fingerprint density at radius 3 is 2.33 bits per heavy atom. The molecule has 1 aromatic heterocycles. The maximum Gasteiger partial charge on any atom is 0.230 e. The van der Waals surface area contributed by atoms with Crippen LogP contribution in [0.25, 0.3) is 22.4 Å². The van der Waals surface area contributed by atoms with Crippen molar-refractivity contribution in [3.05, 3.63) is 58.3 Å². The molecule has 3 aromatic rings. The van der Waals surface area contributed by atoms with E-state index in [1.807, 2.05) is 0 Å². The first kappa shape index (κ1) is 13.9. The molecule has 1 heterocycles. The topological polar surface area (TPSA) is 52.0 Å². The number of hydrogen-bond acceptors (Lipinski definition) is 3. The lowest BCUT2D eigenvalue weighted by molar-refractivity contribution is 0.439. The number of benzene rings is 2. The quantitative estimate of drug-likeness (QED) is 0.719. The van der Waals surface area contributed by atoms with E-state index in [2.05, 4.69) is 5.16 Å². The average molecular weight is 323 g/mol. The zero-order chi connectivity index (χ0) is 15.0. The summed E-state index contributed by atoms with van der Waals surface area (Å²) in [7, 11) is 0. The normalized spacial score (nSPS) is 10.8. The highest BCUT2D eigenvalue weighted by molar-refractivity contribution is 6.31. The van der Waals surface area contributed by atoms with Crippen molar-refractivity contribution in [2.45, 2.75) is 0 Å². The predicted octanol–water partition coefficient (Wildman–Crippen LogP) is 5.04. The van der Waals surface area contributed by atoms with E-state index in [9.17, 15) is 4.39 Å². The second-order valence-electron chi connectivity index (χ2n) is 4.41. The van der Waals surface area contributed by atoms with E-state index < -0.39 is 5.82 Å². The number of nitrogens with two attached hydrogens (primary N) is 1. The molecule has 6 heteroatoms. The van der Waals surface area contributed by atoms with Crippen LogP contribution in [0.4, 0.5) is 10.3 Å². The lowest BCUT2D eigenvalue weighted by Gasteiger charge is -2.04. The summed E-state index contributed by atoms with van der Waals surface area (Å²) in [5.41, 5.74) is 8.19. The van der Waals surface area contributed by atoms with Gasteiger partial charge in [0.1, 0.15) is 11.5 Å². The Kier molecular flexibility index (Phi) is 3.57. The van der Waals surface area contributed by atoms with Crippen molar-refractivity contribution in [2.24, 2.45) is 0 Å². The third kappa shape index (κ3) is 2.60. The van der Waals surface area contributed by atoms with Crippen molar-refractivity contribution < 1.29 is 8.91 Å². The smallest absolute Gasteiger partial charge is 0.230 e. The Hall–Kier alpha value is -2.04. The summed E-state index contributed by atoms with van der Waals surface area (Å²) in [5, 5.41) is 4.56. The van der Waals surface area contributed by atoms with Crippen molar-refractivity contribution in [1.29, 1.82) is 0 Å². The monoisotopic (exact) mass is 322 g/mol. The molecule has 0 fully saturated rings. The zero-order valence-electron chi connectivity index (χ0n) is 10.6. The molecule has 3 rings (SSSR count). The van der Waals surface area contributed by atoms with Gasteiger partial charge >= 0.3 is 0 Å². The summed E-state index contributed by atoms with van der Waals surface area (Å²) in [5.74, 6) is -0.375. The molecule has 106 valence electrons. The second kappa shape index (κ2) is 5.39. The van der Waals surface area contributed by atoms with Gasteiger partial charge in [0.15, 0.2) is 0 Å². The van der Waals surface area contributed by atoms with Crippen molar-refractivity contribution in [1.82, 2.24) is 5.16 Å².